The van der Waals surface area contributed by atoms with E-state index in [0.717, 1.165) is 22.3 Å². The monoisotopic (exact) mass is 314 g/mol. The number of carbonyl (C=O) groups is 1. The summed E-state index contributed by atoms with van der Waals surface area (Å²) < 4.78 is 0. The predicted molar refractivity (Wildman–Crippen MR) is 97.1 cm³/mol. The Morgan fingerprint density at radius 3 is 1.92 bits per heavy atom. The first-order chi connectivity index (χ1) is 11.6. The van der Waals surface area contributed by atoms with E-state index in [2.05, 4.69) is 0 Å². The third-order valence-electron chi connectivity index (χ3n) is 3.86. The molecule has 0 saturated heterocycles. The molecule has 0 spiro atoms. The van der Waals surface area contributed by atoms with Gasteiger partial charge in [0.2, 0.25) is 0 Å². The maximum absolute atomic E-state index is 12.7. The molecule has 3 aromatic carbocycles. The lowest BCUT2D eigenvalue weighted by atomic mass is 9.95. The average molecular weight is 314 g/mol. The van der Waals surface area contributed by atoms with Crippen LogP contribution >= 0.6 is 0 Å². The molecule has 0 atom stereocenters. The minimum absolute atomic E-state index is 0.00215. The van der Waals surface area contributed by atoms with Gasteiger partial charge in [-0.15, -0.1) is 0 Å². The molecule has 1 N–H and O–H groups in total. The lowest BCUT2D eigenvalue weighted by Gasteiger charge is -2.09. The predicted octanol–water partition coefficient (Wildman–Crippen LogP) is 5.02. The highest BCUT2D eigenvalue weighted by Gasteiger charge is 2.12. The minimum atomic E-state index is -0.209. The summed E-state index contributed by atoms with van der Waals surface area (Å²) in [5.41, 5.74) is 4.01. The van der Waals surface area contributed by atoms with Crippen LogP contribution in [0.2, 0.25) is 0 Å². The summed E-state index contributed by atoms with van der Waals surface area (Å²) in [5.74, 6) is -0.207. The van der Waals surface area contributed by atoms with Crippen LogP contribution in [0.25, 0.3) is 5.57 Å². The van der Waals surface area contributed by atoms with Crippen molar-refractivity contribution in [3.63, 3.8) is 0 Å². The molecule has 3 rings (SSSR count). The van der Waals surface area contributed by atoms with Crippen molar-refractivity contribution in [2.24, 2.45) is 0 Å². The van der Waals surface area contributed by atoms with Gasteiger partial charge in [-0.1, -0.05) is 72.3 Å². The number of hydrogen-bond donors (Lipinski definition) is 1. The van der Waals surface area contributed by atoms with E-state index >= 15 is 0 Å². The SMILES string of the molecule is Cc1ccc(O)c(C(=O)C=C(c2ccccc2)c2ccccc2)c1. The van der Waals surface area contributed by atoms with Crippen molar-refractivity contribution < 1.29 is 9.90 Å². The molecule has 0 aliphatic rings. The second kappa shape index (κ2) is 6.97. The van der Waals surface area contributed by atoms with Crippen LogP contribution in [-0.4, -0.2) is 10.9 Å². The zero-order valence-corrected chi connectivity index (χ0v) is 13.4. The van der Waals surface area contributed by atoms with Gasteiger partial charge in [0.05, 0.1) is 5.56 Å². The normalized spacial score (nSPS) is 10.2. The second-order valence-corrected chi connectivity index (χ2v) is 5.67. The molecule has 0 aliphatic carbocycles. The van der Waals surface area contributed by atoms with E-state index in [1.807, 2.05) is 67.6 Å². The van der Waals surface area contributed by atoms with Crippen LogP contribution in [0.15, 0.2) is 84.9 Å². The van der Waals surface area contributed by atoms with Crippen molar-refractivity contribution in [1.29, 1.82) is 0 Å². The fourth-order valence-corrected chi connectivity index (χ4v) is 2.62. The number of allylic oxidation sites excluding steroid dienone is 1. The van der Waals surface area contributed by atoms with Crippen LogP contribution in [0.4, 0.5) is 0 Å². The molecule has 0 saturated carbocycles. The van der Waals surface area contributed by atoms with E-state index < -0.39 is 0 Å². The Bertz CT molecular complexity index is 837. The number of phenols is 1. The van der Waals surface area contributed by atoms with Crippen molar-refractivity contribution in [2.45, 2.75) is 6.92 Å². The fourth-order valence-electron chi connectivity index (χ4n) is 2.62. The number of benzene rings is 3. The number of phenolic OH excluding ortho intramolecular Hbond substituents is 1. The molecule has 0 unspecified atom stereocenters. The van der Waals surface area contributed by atoms with E-state index in [1.54, 1.807) is 24.3 Å². The molecular formula is C22H18O2. The Balaban J connectivity index is 2.10. The highest BCUT2D eigenvalue weighted by molar-refractivity contribution is 6.11. The lowest BCUT2D eigenvalue weighted by molar-refractivity contribution is 0.104. The quantitative estimate of drug-likeness (QED) is 0.542. The number of rotatable bonds is 4. The summed E-state index contributed by atoms with van der Waals surface area (Å²) in [6.07, 6.45) is 1.60. The van der Waals surface area contributed by atoms with Gasteiger partial charge >= 0.3 is 0 Å². The first kappa shape index (κ1) is 15.8. The van der Waals surface area contributed by atoms with Gasteiger partial charge in [0.25, 0.3) is 0 Å². The Hall–Kier alpha value is -3.13. The minimum Gasteiger partial charge on any atom is -0.507 e. The van der Waals surface area contributed by atoms with Crippen molar-refractivity contribution in [3.05, 3.63) is 107 Å². The summed E-state index contributed by atoms with van der Waals surface area (Å²) in [6.45, 7) is 1.90. The summed E-state index contributed by atoms with van der Waals surface area (Å²) in [7, 11) is 0. The Labute approximate surface area is 141 Å². The molecule has 0 fully saturated rings. The Kier molecular flexibility index (Phi) is 4.57. The first-order valence-corrected chi connectivity index (χ1v) is 7.81. The van der Waals surface area contributed by atoms with Crippen molar-refractivity contribution in [1.82, 2.24) is 0 Å². The Morgan fingerprint density at radius 1 is 0.833 bits per heavy atom. The molecule has 2 nitrogen and oxygen atoms in total. The molecule has 3 aromatic rings. The molecule has 24 heavy (non-hydrogen) atoms. The van der Waals surface area contributed by atoms with Crippen LogP contribution in [0, 0.1) is 6.92 Å². The summed E-state index contributed by atoms with van der Waals surface area (Å²) in [4.78, 5) is 12.7. The standard InChI is InChI=1S/C22H18O2/c1-16-12-13-21(23)20(14-16)22(24)15-19(17-8-4-2-5-9-17)18-10-6-3-7-11-18/h2-15,23H,1H3. The van der Waals surface area contributed by atoms with Gasteiger partial charge in [0, 0.05) is 0 Å². The number of aryl methyl sites for hydroxylation is 1. The van der Waals surface area contributed by atoms with Gasteiger partial charge in [-0.25, -0.2) is 0 Å². The van der Waals surface area contributed by atoms with Gasteiger partial charge in [0.1, 0.15) is 5.75 Å². The molecule has 0 amide bonds. The smallest absolute Gasteiger partial charge is 0.190 e. The van der Waals surface area contributed by atoms with E-state index in [9.17, 15) is 9.90 Å². The first-order valence-electron chi connectivity index (χ1n) is 7.81. The molecule has 0 radical (unpaired) electrons. The maximum atomic E-state index is 12.7. The van der Waals surface area contributed by atoms with Crippen LogP contribution < -0.4 is 0 Å². The van der Waals surface area contributed by atoms with E-state index in [-0.39, 0.29) is 11.5 Å². The van der Waals surface area contributed by atoms with Crippen molar-refractivity contribution >= 4 is 11.4 Å². The number of hydrogen-bond acceptors (Lipinski definition) is 2. The third-order valence-corrected chi connectivity index (χ3v) is 3.86. The Morgan fingerprint density at radius 2 is 1.38 bits per heavy atom. The third kappa shape index (κ3) is 3.44. The summed E-state index contributed by atoms with van der Waals surface area (Å²) >= 11 is 0. The molecule has 0 heterocycles. The van der Waals surface area contributed by atoms with E-state index in [1.165, 1.54) is 0 Å². The number of aromatic hydroxyl groups is 1. The fraction of sp³-hybridized carbons (Fsp3) is 0.0455. The molecular weight excluding hydrogens is 296 g/mol. The van der Waals surface area contributed by atoms with Gasteiger partial charge < -0.3 is 5.11 Å². The van der Waals surface area contributed by atoms with Crippen LogP contribution in [-0.2, 0) is 0 Å². The molecule has 0 aromatic heterocycles. The largest absolute Gasteiger partial charge is 0.507 e. The molecule has 0 bridgehead atoms. The summed E-state index contributed by atoms with van der Waals surface area (Å²) in [6, 6.07) is 24.6. The van der Waals surface area contributed by atoms with Gasteiger partial charge in [-0.3, -0.25) is 4.79 Å². The zero-order chi connectivity index (χ0) is 16.9. The van der Waals surface area contributed by atoms with Crippen LogP contribution in [0.5, 0.6) is 5.75 Å². The summed E-state index contributed by atoms with van der Waals surface area (Å²) in [5, 5.41) is 10.0. The highest BCUT2D eigenvalue weighted by atomic mass is 16.3. The average Bonchev–Trinajstić information content (AvgIpc) is 2.63. The highest BCUT2D eigenvalue weighted by Crippen LogP contribution is 2.26. The van der Waals surface area contributed by atoms with Gasteiger partial charge in [0.15, 0.2) is 5.78 Å². The zero-order valence-electron chi connectivity index (χ0n) is 13.4. The second-order valence-electron chi connectivity index (χ2n) is 5.67. The van der Waals surface area contributed by atoms with Crippen molar-refractivity contribution in [3.8, 4) is 5.75 Å². The van der Waals surface area contributed by atoms with E-state index in [4.69, 9.17) is 0 Å². The van der Waals surface area contributed by atoms with Crippen LogP contribution in [0.3, 0.4) is 0 Å². The topological polar surface area (TPSA) is 37.3 Å². The maximum Gasteiger partial charge on any atom is 0.190 e. The van der Waals surface area contributed by atoms with Crippen LogP contribution in [0.1, 0.15) is 27.0 Å². The number of carbonyl (C=O) groups excluding carboxylic acids is 1. The lowest BCUT2D eigenvalue weighted by Crippen LogP contribution is -1.99. The molecule has 2 heteroatoms. The van der Waals surface area contributed by atoms with Gasteiger partial charge in [-0.2, -0.15) is 0 Å². The van der Waals surface area contributed by atoms with Gasteiger partial charge in [-0.05, 0) is 41.8 Å². The number of ketones is 1. The molecule has 0 aliphatic heterocycles. The van der Waals surface area contributed by atoms with E-state index in [0.29, 0.717) is 5.56 Å². The van der Waals surface area contributed by atoms with Crippen molar-refractivity contribution in [2.75, 3.05) is 0 Å². The molecule has 118 valence electrons.